The number of halogens is 2. The molecule has 3 aromatic heterocycles. The standard InChI is InChI=1S/C22H20F2N6/c23-18-3-4-19(24)17(12-18)14-29-10-7-15(8-11-29)22-27-26-21-6-5-20(28-30(21)22)16-2-1-9-25-13-16/h1-6,9,12-13,15H,7-8,10-11,14H2. The molecule has 30 heavy (non-hydrogen) atoms. The number of fused-ring (bicyclic) bond motifs is 1. The van der Waals surface area contributed by atoms with Gasteiger partial charge in [0.05, 0.1) is 5.69 Å². The van der Waals surface area contributed by atoms with Crippen LogP contribution < -0.4 is 0 Å². The Morgan fingerprint density at radius 2 is 1.87 bits per heavy atom. The topological polar surface area (TPSA) is 59.2 Å². The average molecular weight is 406 g/mol. The van der Waals surface area contributed by atoms with Crippen LogP contribution in [0.3, 0.4) is 0 Å². The van der Waals surface area contributed by atoms with E-state index in [9.17, 15) is 8.78 Å². The molecule has 0 N–H and O–H groups in total. The molecule has 4 aromatic rings. The normalized spacial score (nSPS) is 15.7. The summed E-state index contributed by atoms with van der Waals surface area (Å²) in [5, 5.41) is 13.4. The zero-order valence-electron chi connectivity index (χ0n) is 16.2. The maximum absolute atomic E-state index is 13.9. The van der Waals surface area contributed by atoms with Crippen molar-refractivity contribution in [1.82, 2.24) is 29.7 Å². The van der Waals surface area contributed by atoms with Crippen molar-refractivity contribution in [3.63, 3.8) is 0 Å². The number of piperidine rings is 1. The van der Waals surface area contributed by atoms with Crippen molar-refractivity contribution in [2.75, 3.05) is 13.1 Å². The van der Waals surface area contributed by atoms with E-state index in [0.717, 1.165) is 49.1 Å². The number of likely N-dealkylation sites (tertiary alicyclic amines) is 1. The van der Waals surface area contributed by atoms with Crippen molar-refractivity contribution in [2.45, 2.75) is 25.3 Å². The summed E-state index contributed by atoms with van der Waals surface area (Å²) in [5.74, 6) is 0.276. The molecule has 8 heteroatoms. The summed E-state index contributed by atoms with van der Waals surface area (Å²) in [5.41, 5.74) is 2.85. The minimum Gasteiger partial charge on any atom is -0.299 e. The molecule has 0 amide bonds. The molecule has 0 aliphatic carbocycles. The van der Waals surface area contributed by atoms with E-state index in [1.807, 2.05) is 28.8 Å². The summed E-state index contributed by atoms with van der Waals surface area (Å²) >= 11 is 0. The Morgan fingerprint density at radius 1 is 1.00 bits per heavy atom. The molecule has 5 rings (SSSR count). The summed E-state index contributed by atoms with van der Waals surface area (Å²) in [4.78, 5) is 6.30. The van der Waals surface area contributed by atoms with Gasteiger partial charge in [-0.25, -0.2) is 8.78 Å². The van der Waals surface area contributed by atoms with Gasteiger partial charge in [-0.3, -0.25) is 9.88 Å². The molecule has 1 aromatic carbocycles. The Labute approximate surface area is 172 Å². The molecule has 0 spiro atoms. The molecule has 152 valence electrons. The van der Waals surface area contributed by atoms with Crippen molar-refractivity contribution >= 4 is 5.65 Å². The molecule has 0 bridgehead atoms. The number of benzene rings is 1. The van der Waals surface area contributed by atoms with Gasteiger partial charge in [0.1, 0.15) is 11.6 Å². The summed E-state index contributed by atoms with van der Waals surface area (Å²) in [7, 11) is 0. The Bertz CT molecular complexity index is 1170. The van der Waals surface area contributed by atoms with Gasteiger partial charge in [0.25, 0.3) is 0 Å². The third-order valence-electron chi connectivity index (χ3n) is 5.60. The van der Waals surface area contributed by atoms with Crippen LogP contribution in [0.1, 0.15) is 30.1 Å². The first kappa shape index (κ1) is 18.7. The fourth-order valence-electron chi connectivity index (χ4n) is 3.98. The lowest BCUT2D eigenvalue weighted by Gasteiger charge is -2.31. The van der Waals surface area contributed by atoms with Gasteiger partial charge in [0.2, 0.25) is 0 Å². The molecule has 0 atom stereocenters. The minimum absolute atomic E-state index is 0.213. The molecule has 1 saturated heterocycles. The number of pyridine rings is 1. The highest BCUT2D eigenvalue weighted by atomic mass is 19.1. The van der Waals surface area contributed by atoms with Gasteiger partial charge < -0.3 is 0 Å². The summed E-state index contributed by atoms with van der Waals surface area (Å²) in [6.45, 7) is 1.95. The minimum atomic E-state index is -0.410. The fourth-order valence-corrected chi connectivity index (χ4v) is 3.98. The lowest BCUT2D eigenvalue weighted by molar-refractivity contribution is 0.198. The van der Waals surface area contributed by atoms with Crippen molar-refractivity contribution in [3.05, 3.63) is 77.9 Å². The zero-order valence-corrected chi connectivity index (χ0v) is 16.2. The Balaban J connectivity index is 1.33. The van der Waals surface area contributed by atoms with Crippen molar-refractivity contribution < 1.29 is 8.78 Å². The molecule has 1 fully saturated rings. The van der Waals surface area contributed by atoms with Crippen LogP contribution in [0.5, 0.6) is 0 Å². The van der Waals surface area contributed by atoms with Crippen molar-refractivity contribution in [1.29, 1.82) is 0 Å². The first-order valence-corrected chi connectivity index (χ1v) is 9.96. The van der Waals surface area contributed by atoms with Gasteiger partial charge in [0.15, 0.2) is 11.5 Å². The maximum Gasteiger partial charge on any atom is 0.177 e. The number of hydrogen-bond donors (Lipinski definition) is 0. The lowest BCUT2D eigenvalue weighted by Crippen LogP contribution is -2.33. The van der Waals surface area contributed by atoms with Crippen LogP contribution in [0.25, 0.3) is 16.9 Å². The molecule has 4 heterocycles. The summed E-state index contributed by atoms with van der Waals surface area (Å²) in [6.07, 6.45) is 5.23. The first-order chi connectivity index (χ1) is 14.7. The third-order valence-corrected chi connectivity index (χ3v) is 5.60. The van der Waals surface area contributed by atoms with E-state index in [0.29, 0.717) is 17.8 Å². The van der Waals surface area contributed by atoms with Gasteiger partial charge in [0, 0.05) is 36.0 Å². The van der Waals surface area contributed by atoms with E-state index in [-0.39, 0.29) is 11.7 Å². The lowest BCUT2D eigenvalue weighted by atomic mass is 9.95. The van der Waals surface area contributed by atoms with E-state index in [1.54, 1.807) is 12.4 Å². The van der Waals surface area contributed by atoms with Crippen LogP contribution in [0.4, 0.5) is 8.78 Å². The zero-order chi connectivity index (χ0) is 20.5. The number of nitrogens with zero attached hydrogens (tertiary/aromatic N) is 6. The highest BCUT2D eigenvalue weighted by Gasteiger charge is 2.25. The van der Waals surface area contributed by atoms with E-state index in [1.165, 1.54) is 12.1 Å². The average Bonchev–Trinajstić information content (AvgIpc) is 3.21. The SMILES string of the molecule is Fc1ccc(F)c(CN2CCC(c3nnc4ccc(-c5cccnc5)nn34)CC2)c1. The molecule has 1 aliphatic rings. The maximum atomic E-state index is 13.9. The second-order valence-electron chi connectivity index (χ2n) is 7.57. The van der Waals surface area contributed by atoms with Gasteiger partial charge in [-0.05, 0) is 68.4 Å². The number of aromatic nitrogens is 5. The van der Waals surface area contributed by atoms with Gasteiger partial charge >= 0.3 is 0 Å². The largest absolute Gasteiger partial charge is 0.299 e. The Kier molecular flexibility index (Phi) is 4.92. The Hall–Kier alpha value is -3.26. The van der Waals surface area contributed by atoms with E-state index in [2.05, 4.69) is 20.1 Å². The second-order valence-corrected chi connectivity index (χ2v) is 7.57. The number of rotatable bonds is 4. The van der Waals surface area contributed by atoms with Crippen LogP contribution in [0.2, 0.25) is 0 Å². The molecule has 0 unspecified atom stereocenters. The summed E-state index contributed by atoms with van der Waals surface area (Å²) < 4.78 is 29.2. The predicted octanol–water partition coefficient (Wildman–Crippen LogP) is 3.84. The molecule has 6 nitrogen and oxygen atoms in total. The van der Waals surface area contributed by atoms with Crippen LogP contribution in [0.15, 0.2) is 54.9 Å². The Morgan fingerprint density at radius 3 is 2.67 bits per heavy atom. The molecular weight excluding hydrogens is 386 g/mol. The monoisotopic (exact) mass is 406 g/mol. The van der Waals surface area contributed by atoms with Crippen molar-refractivity contribution in [2.24, 2.45) is 0 Å². The highest BCUT2D eigenvalue weighted by Crippen LogP contribution is 2.28. The second kappa shape index (κ2) is 7.87. The van der Waals surface area contributed by atoms with Crippen molar-refractivity contribution in [3.8, 4) is 11.3 Å². The first-order valence-electron chi connectivity index (χ1n) is 9.96. The van der Waals surface area contributed by atoms with Crippen LogP contribution >= 0.6 is 0 Å². The number of hydrogen-bond acceptors (Lipinski definition) is 5. The van der Waals surface area contributed by atoms with E-state index in [4.69, 9.17) is 5.10 Å². The molecule has 1 aliphatic heterocycles. The van der Waals surface area contributed by atoms with Crippen LogP contribution in [0, 0.1) is 11.6 Å². The predicted molar refractivity (Wildman–Crippen MR) is 108 cm³/mol. The molecule has 0 saturated carbocycles. The van der Waals surface area contributed by atoms with E-state index >= 15 is 0 Å². The van der Waals surface area contributed by atoms with Gasteiger partial charge in [-0.15, -0.1) is 10.2 Å². The highest BCUT2D eigenvalue weighted by molar-refractivity contribution is 5.58. The van der Waals surface area contributed by atoms with E-state index < -0.39 is 5.82 Å². The third kappa shape index (κ3) is 3.66. The molecular formula is C22H20F2N6. The van der Waals surface area contributed by atoms with Gasteiger partial charge in [-0.2, -0.15) is 9.61 Å². The van der Waals surface area contributed by atoms with Crippen LogP contribution in [-0.4, -0.2) is 42.8 Å². The quantitative estimate of drug-likeness (QED) is 0.515. The molecule has 0 radical (unpaired) electrons. The smallest absolute Gasteiger partial charge is 0.177 e. The van der Waals surface area contributed by atoms with Gasteiger partial charge in [-0.1, -0.05) is 0 Å². The van der Waals surface area contributed by atoms with Crippen LogP contribution in [-0.2, 0) is 6.54 Å². The fraction of sp³-hybridized carbons (Fsp3) is 0.273. The summed E-state index contributed by atoms with van der Waals surface area (Å²) in [6, 6.07) is 11.3.